The van der Waals surface area contributed by atoms with Crippen molar-refractivity contribution in [3.05, 3.63) is 53.9 Å². The van der Waals surface area contributed by atoms with Gasteiger partial charge in [0.1, 0.15) is 0 Å². The number of rotatable bonds is 10. The lowest BCUT2D eigenvalue weighted by atomic mass is 10.1. The summed E-state index contributed by atoms with van der Waals surface area (Å²) in [6.45, 7) is 4.44. The number of ether oxygens (including phenoxy) is 1. The second-order valence-corrected chi connectivity index (χ2v) is 8.56. The molecule has 3 aromatic rings. The summed E-state index contributed by atoms with van der Waals surface area (Å²) in [7, 11) is 4.06. The summed E-state index contributed by atoms with van der Waals surface area (Å²) in [5, 5.41) is 8.26. The van der Waals surface area contributed by atoms with Crippen LogP contribution in [-0.4, -0.2) is 84.4 Å². The van der Waals surface area contributed by atoms with Gasteiger partial charge in [0.15, 0.2) is 11.5 Å². The van der Waals surface area contributed by atoms with Crippen LogP contribution in [0.4, 0.5) is 16.0 Å². The molecule has 0 bridgehead atoms. The Balaban J connectivity index is 1.48. The van der Waals surface area contributed by atoms with Gasteiger partial charge in [-0.1, -0.05) is 12.1 Å². The monoisotopic (exact) mass is 481 g/mol. The van der Waals surface area contributed by atoms with Crippen LogP contribution in [0.5, 0.6) is 0 Å². The standard InChI is InChI=1S/C24H32FN9O/c1-32(2)8-4-7-27-16-20(13-26)30-24-28-14-19-15-29-34(23(19)31-24)17-18-5-3-6-21(22(18)25)33-9-11-35-12-10-33/h3,5-6,13-16H,4,7-12,17,26H2,1-2H3,(H,28,30,31). The lowest BCUT2D eigenvalue weighted by molar-refractivity contribution is 0.122. The quantitative estimate of drug-likeness (QED) is 0.335. The fourth-order valence-corrected chi connectivity index (χ4v) is 3.83. The molecule has 3 heterocycles. The van der Waals surface area contributed by atoms with Crippen molar-refractivity contribution in [1.29, 1.82) is 0 Å². The molecule has 0 spiro atoms. The summed E-state index contributed by atoms with van der Waals surface area (Å²) in [5.74, 6) is 0.113. The van der Waals surface area contributed by atoms with E-state index in [-0.39, 0.29) is 12.4 Å². The van der Waals surface area contributed by atoms with Crippen LogP contribution in [0.2, 0.25) is 0 Å². The van der Waals surface area contributed by atoms with Gasteiger partial charge in [-0.2, -0.15) is 10.1 Å². The van der Waals surface area contributed by atoms with Crippen molar-refractivity contribution in [2.24, 2.45) is 10.7 Å². The lowest BCUT2D eigenvalue weighted by Gasteiger charge is -2.29. The summed E-state index contributed by atoms with van der Waals surface area (Å²) >= 11 is 0. The second kappa shape index (κ2) is 11.7. The number of halogens is 1. The van der Waals surface area contributed by atoms with E-state index in [1.807, 2.05) is 25.1 Å². The van der Waals surface area contributed by atoms with Gasteiger partial charge in [0.05, 0.1) is 42.7 Å². The summed E-state index contributed by atoms with van der Waals surface area (Å²) in [4.78, 5) is 17.5. The molecule has 35 heavy (non-hydrogen) atoms. The summed E-state index contributed by atoms with van der Waals surface area (Å²) in [6, 6.07) is 5.44. The summed E-state index contributed by atoms with van der Waals surface area (Å²) < 4.78 is 22.4. The van der Waals surface area contributed by atoms with E-state index in [4.69, 9.17) is 10.5 Å². The van der Waals surface area contributed by atoms with Crippen LogP contribution >= 0.6 is 0 Å². The highest BCUT2D eigenvalue weighted by atomic mass is 19.1. The first kappa shape index (κ1) is 24.6. The molecule has 2 aromatic heterocycles. The second-order valence-electron chi connectivity index (χ2n) is 8.56. The van der Waals surface area contributed by atoms with Crippen LogP contribution < -0.4 is 16.0 Å². The van der Waals surface area contributed by atoms with Gasteiger partial charge >= 0.3 is 0 Å². The summed E-state index contributed by atoms with van der Waals surface area (Å²) in [6.07, 6.45) is 7.40. The minimum Gasteiger partial charge on any atom is -0.403 e. The maximum absolute atomic E-state index is 15.4. The fourth-order valence-electron chi connectivity index (χ4n) is 3.83. The highest BCUT2D eigenvalue weighted by Crippen LogP contribution is 2.24. The Morgan fingerprint density at radius 2 is 2.11 bits per heavy atom. The van der Waals surface area contributed by atoms with Crippen molar-refractivity contribution in [2.75, 3.05) is 63.7 Å². The Bertz CT molecular complexity index is 1180. The number of allylic oxidation sites excluding steroid dienone is 1. The van der Waals surface area contributed by atoms with Gasteiger partial charge in [-0.3, -0.25) is 4.99 Å². The third kappa shape index (κ3) is 6.31. The number of nitrogens with one attached hydrogen (secondary N) is 1. The first-order chi connectivity index (χ1) is 17.0. The SMILES string of the molecule is CN(C)CCCN=CC(=CN)Nc1ncc2cnn(Cc3cccc(N4CCOCC4)c3F)c2n1. The highest BCUT2D eigenvalue weighted by Gasteiger charge is 2.18. The van der Waals surface area contributed by atoms with Crippen molar-refractivity contribution in [3.8, 4) is 0 Å². The minimum atomic E-state index is -0.246. The molecule has 11 heteroatoms. The van der Waals surface area contributed by atoms with Gasteiger partial charge in [0.2, 0.25) is 5.95 Å². The van der Waals surface area contributed by atoms with E-state index in [2.05, 4.69) is 30.3 Å². The zero-order valence-corrected chi connectivity index (χ0v) is 20.2. The van der Waals surface area contributed by atoms with Crippen molar-refractivity contribution in [1.82, 2.24) is 24.6 Å². The molecule has 0 radical (unpaired) electrons. The van der Waals surface area contributed by atoms with Gasteiger partial charge < -0.3 is 25.6 Å². The fraction of sp³-hybridized carbons (Fsp3) is 0.417. The Labute approximate surface area is 204 Å². The van der Waals surface area contributed by atoms with Gasteiger partial charge in [-0.05, 0) is 33.1 Å². The third-order valence-electron chi connectivity index (χ3n) is 5.67. The first-order valence-electron chi connectivity index (χ1n) is 11.7. The van der Waals surface area contributed by atoms with Crippen LogP contribution in [0.1, 0.15) is 12.0 Å². The average molecular weight is 482 g/mol. The Morgan fingerprint density at radius 3 is 2.89 bits per heavy atom. The Morgan fingerprint density at radius 1 is 1.29 bits per heavy atom. The van der Waals surface area contributed by atoms with Crippen molar-refractivity contribution in [3.63, 3.8) is 0 Å². The molecule has 0 saturated carbocycles. The number of aliphatic imine (C=N–C) groups is 1. The molecule has 10 nitrogen and oxygen atoms in total. The van der Waals surface area contributed by atoms with E-state index >= 15 is 4.39 Å². The molecule has 3 N–H and O–H groups in total. The first-order valence-corrected chi connectivity index (χ1v) is 11.7. The van der Waals surface area contributed by atoms with Gasteiger partial charge in [0.25, 0.3) is 0 Å². The van der Waals surface area contributed by atoms with E-state index in [0.717, 1.165) is 18.4 Å². The van der Waals surface area contributed by atoms with E-state index in [1.54, 1.807) is 35.4 Å². The molecule has 0 unspecified atom stereocenters. The smallest absolute Gasteiger partial charge is 0.229 e. The molecule has 1 saturated heterocycles. The Kier molecular flexibility index (Phi) is 8.22. The molecule has 0 aliphatic carbocycles. The number of nitrogens with two attached hydrogens (primary N) is 1. The molecule has 186 valence electrons. The van der Waals surface area contributed by atoms with Crippen LogP contribution in [0.3, 0.4) is 0 Å². The molecule has 1 aliphatic heterocycles. The van der Waals surface area contributed by atoms with Crippen molar-refractivity contribution in [2.45, 2.75) is 13.0 Å². The van der Waals surface area contributed by atoms with Gasteiger partial charge in [0, 0.05) is 43.8 Å². The lowest BCUT2D eigenvalue weighted by Crippen LogP contribution is -2.36. The molecule has 1 aliphatic rings. The van der Waals surface area contributed by atoms with Gasteiger partial charge in [-0.25, -0.2) is 14.1 Å². The highest BCUT2D eigenvalue weighted by molar-refractivity contribution is 5.83. The maximum Gasteiger partial charge on any atom is 0.229 e. The molecule has 0 amide bonds. The number of benzene rings is 1. The van der Waals surface area contributed by atoms with E-state index in [0.29, 0.717) is 61.4 Å². The molecule has 1 fully saturated rings. The average Bonchev–Trinajstić information content (AvgIpc) is 3.26. The molecular weight excluding hydrogens is 449 g/mol. The third-order valence-corrected chi connectivity index (χ3v) is 5.67. The number of hydrogen-bond acceptors (Lipinski definition) is 9. The van der Waals surface area contributed by atoms with Crippen LogP contribution in [0.15, 0.2) is 47.5 Å². The van der Waals surface area contributed by atoms with E-state index < -0.39 is 0 Å². The number of anilines is 2. The van der Waals surface area contributed by atoms with Gasteiger partial charge in [-0.15, -0.1) is 0 Å². The predicted molar refractivity (Wildman–Crippen MR) is 136 cm³/mol. The molecule has 1 aromatic carbocycles. The molecular formula is C24H32FN9O. The zero-order chi connectivity index (χ0) is 24.6. The van der Waals surface area contributed by atoms with Crippen molar-refractivity contribution < 1.29 is 9.13 Å². The number of hydrogen-bond donors (Lipinski definition) is 2. The zero-order valence-electron chi connectivity index (χ0n) is 20.2. The number of nitrogens with zero attached hydrogens (tertiary/aromatic N) is 7. The Hall–Kier alpha value is -3.57. The van der Waals surface area contributed by atoms with E-state index in [1.165, 1.54) is 6.20 Å². The van der Waals surface area contributed by atoms with E-state index in [9.17, 15) is 0 Å². The topological polar surface area (TPSA) is 110 Å². The largest absolute Gasteiger partial charge is 0.403 e. The number of fused-ring (bicyclic) bond motifs is 1. The summed E-state index contributed by atoms with van der Waals surface area (Å²) in [5.41, 5.74) is 8.06. The molecule has 0 atom stereocenters. The van der Waals surface area contributed by atoms with Crippen molar-refractivity contribution >= 4 is 28.9 Å². The normalized spacial score (nSPS) is 15.0. The number of aromatic nitrogens is 4. The van der Waals surface area contributed by atoms with Crippen LogP contribution in [0, 0.1) is 5.82 Å². The maximum atomic E-state index is 15.4. The number of morpholine rings is 1. The van der Waals surface area contributed by atoms with Crippen LogP contribution in [0.25, 0.3) is 11.0 Å². The predicted octanol–water partition coefficient (Wildman–Crippen LogP) is 2.08. The minimum absolute atomic E-state index is 0.246. The van der Waals surface area contributed by atoms with Crippen LogP contribution in [-0.2, 0) is 11.3 Å². The molecule has 4 rings (SSSR count).